The molecule has 0 spiro atoms. The van der Waals surface area contributed by atoms with Gasteiger partial charge < -0.3 is 20.5 Å². The molecule has 1 fully saturated rings. The van der Waals surface area contributed by atoms with E-state index < -0.39 is 0 Å². The molecule has 2 unspecified atom stereocenters. The summed E-state index contributed by atoms with van der Waals surface area (Å²) in [6.45, 7) is 1.72. The van der Waals surface area contributed by atoms with Gasteiger partial charge in [0.1, 0.15) is 5.76 Å². The zero-order chi connectivity index (χ0) is 14.7. The number of anilines is 1. The minimum atomic E-state index is -0.305. The monoisotopic (exact) mass is 316 g/mol. The first-order valence-corrected chi connectivity index (χ1v) is 6.71. The average molecular weight is 317 g/mol. The number of hydrogen-bond donors (Lipinski definition) is 2. The van der Waals surface area contributed by atoms with Crippen LogP contribution in [-0.4, -0.2) is 41.5 Å². The molecule has 7 nitrogen and oxygen atoms in total. The molecule has 1 aromatic heterocycles. The van der Waals surface area contributed by atoms with Crippen LogP contribution < -0.4 is 11.1 Å². The van der Waals surface area contributed by atoms with Crippen LogP contribution in [-0.2, 0) is 9.59 Å². The zero-order valence-corrected chi connectivity index (χ0v) is 13.0. The van der Waals surface area contributed by atoms with Crippen molar-refractivity contribution in [1.82, 2.24) is 10.1 Å². The molecule has 2 rings (SSSR count). The second-order valence-corrected chi connectivity index (χ2v) is 5.27. The second-order valence-electron chi connectivity index (χ2n) is 5.27. The third kappa shape index (κ3) is 4.44. The number of aromatic nitrogens is 1. The lowest BCUT2D eigenvalue weighted by molar-refractivity contribution is -0.137. The Labute approximate surface area is 129 Å². The Morgan fingerprint density at radius 2 is 2.24 bits per heavy atom. The predicted octanol–water partition coefficient (Wildman–Crippen LogP) is 0.929. The van der Waals surface area contributed by atoms with Gasteiger partial charge in [0.05, 0.1) is 12.5 Å². The molecule has 118 valence electrons. The van der Waals surface area contributed by atoms with Gasteiger partial charge in [0.2, 0.25) is 11.8 Å². The van der Waals surface area contributed by atoms with E-state index in [9.17, 15) is 9.59 Å². The Morgan fingerprint density at radius 1 is 1.52 bits per heavy atom. The van der Waals surface area contributed by atoms with Crippen molar-refractivity contribution in [3.05, 3.63) is 11.8 Å². The van der Waals surface area contributed by atoms with Gasteiger partial charge in [0.25, 0.3) is 0 Å². The number of likely N-dealkylation sites (N-methyl/N-ethyl adjacent to an activating group) is 1. The highest BCUT2D eigenvalue weighted by molar-refractivity contribution is 5.94. The van der Waals surface area contributed by atoms with Gasteiger partial charge in [0.15, 0.2) is 5.82 Å². The van der Waals surface area contributed by atoms with E-state index in [2.05, 4.69) is 10.5 Å². The summed E-state index contributed by atoms with van der Waals surface area (Å²) in [5, 5.41) is 6.25. The van der Waals surface area contributed by atoms with Crippen molar-refractivity contribution in [1.29, 1.82) is 0 Å². The number of hydrogen-bond acceptors (Lipinski definition) is 5. The van der Waals surface area contributed by atoms with E-state index in [1.807, 2.05) is 0 Å². The van der Waals surface area contributed by atoms with Crippen molar-refractivity contribution < 1.29 is 14.1 Å². The fourth-order valence-corrected chi connectivity index (χ4v) is 2.48. The van der Waals surface area contributed by atoms with Crippen LogP contribution in [0.1, 0.15) is 25.0 Å². The Bertz CT molecular complexity index is 505. The third-order valence-corrected chi connectivity index (χ3v) is 3.54. The fourth-order valence-electron chi connectivity index (χ4n) is 2.48. The van der Waals surface area contributed by atoms with E-state index in [4.69, 9.17) is 10.3 Å². The molecule has 1 saturated carbocycles. The summed E-state index contributed by atoms with van der Waals surface area (Å²) in [6, 6.07) is 1.53. The molecule has 0 bridgehead atoms. The lowest BCUT2D eigenvalue weighted by Crippen LogP contribution is -2.42. The van der Waals surface area contributed by atoms with Crippen molar-refractivity contribution in [2.75, 3.05) is 18.9 Å². The number of amides is 2. The fraction of sp³-hybridized carbons (Fsp3) is 0.615. The van der Waals surface area contributed by atoms with Gasteiger partial charge in [-0.25, -0.2) is 0 Å². The molecule has 2 atom stereocenters. The molecule has 0 saturated heterocycles. The summed E-state index contributed by atoms with van der Waals surface area (Å²) in [4.78, 5) is 25.4. The molecule has 0 aliphatic heterocycles. The van der Waals surface area contributed by atoms with Crippen molar-refractivity contribution in [3.63, 3.8) is 0 Å². The van der Waals surface area contributed by atoms with E-state index in [-0.39, 0.29) is 42.7 Å². The molecule has 0 aromatic carbocycles. The Balaban J connectivity index is 0.00000220. The normalized spacial score (nSPS) is 20.7. The summed E-state index contributed by atoms with van der Waals surface area (Å²) >= 11 is 0. The molecule has 8 heteroatoms. The lowest BCUT2D eigenvalue weighted by Gasteiger charge is -2.22. The van der Waals surface area contributed by atoms with Gasteiger partial charge >= 0.3 is 0 Å². The number of rotatable bonds is 4. The number of carbonyl (C=O) groups excluding carboxylic acids is 2. The SMILES string of the molecule is Cc1cc(NC(=O)CN(C)C(=O)C2CCCC2N)no1.Cl. The molecule has 1 aromatic rings. The van der Waals surface area contributed by atoms with Gasteiger partial charge in [-0.05, 0) is 19.8 Å². The smallest absolute Gasteiger partial charge is 0.245 e. The van der Waals surface area contributed by atoms with Crippen LogP contribution >= 0.6 is 12.4 Å². The van der Waals surface area contributed by atoms with Gasteiger partial charge in [0, 0.05) is 19.2 Å². The molecule has 2 amide bonds. The van der Waals surface area contributed by atoms with Crippen molar-refractivity contribution in [3.8, 4) is 0 Å². The maximum atomic E-state index is 12.2. The van der Waals surface area contributed by atoms with E-state index in [1.165, 1.54) is 4.90 Å². The maximum Gasteiger partial charge on any atom is 0.245 e. The van der Waals surface area contributed by atoms with Crippen molar-refractivity contribution in [2.24, 2.45) is 11.7 Å². The quantitative estimate of drug-likeness (QED) is 0.860. The standard InChI is InChI=1S/C13H20N4O3.ClH/c1-8-6-11(16-20-8)15-12(18)7-17(2)13(19)9-4-3-5-10(9)14;/h6,9-10H,3-5,7,14H2,1-2H3,(H,15,16,18);1H. The summed E-state index contributed by atoms with van der Waals surface area (Å²) in [7, 11) is 1.61. The number of halogens is 1. The lowest BCUT2D eigenvalue weighted by atomic mass is 10.0. The average Bonchev–Trinajstić information content (AvgIpc) is 2.97. The number of nitrogens with one attached hydrogen (secondary N) is 1. The van der Waals surface area contributed by atoms with Crippen molar-refractivity contribution >= 4 is 30.0 Å². The van der Waals surface area contributed by atoms with E-state index in [0.29, 0.717) is 11.6 Å². The highest BCUT2D eigenvalue weighted by atomic mass is 35.5. The number of nitrogens with two attached hydrogens (primary N) is 1. The molecule has 1 heterocycles. The van der Waals surface area contributed by atoms with E-state index >= 15 is 0 Å². The van der Waals surface area contributed by atoms with Crippen LogP contribution in [0.3, 0.4) is 0 Å². The van der Waals surface area contributed by atoms with Gasteiger partial charge in [-0.15, -0.1) is 12.4 Å². The Morgan fingerprint density at radius 3 is 2.76 bits per heavy atom. The zero-order valence-electron chi connectivity index (χ0n) is 12.2. The molecule has 3 N–H and O–H groups in total. The highest BCUT2D eigenvalue weighted by Gasteiger charge is 2.32. The molecule has 1 aliphatic carbocycles. The first-order chi connectivity index (χ1) is 9.47. The second kappa shape index (κ2) is 7.42. The summed E-state index contributed by atoms with van der Waals surface area (Å²) < 4.78 is 4.85. The molecular formula is C13H21ClN4O3. The Hall–Kier alpha value is -1.60. The van der Waals surface area contributed by atoms with Crippen molar-refractivity contribution in [2.45, 2.75) is 32.2 Å². The largest absolute Gasteiger partial charge is 0.360 e. The number of nitrogens with zero attached hydrogens (tertiary/aromatic N) is 2. The first kappa shape index (κ1) is 17.5. The number of carbonyl (C=O) groups is 2. The minimum Gasteiger partial charge on any atom is -0.360 e. The molecular weight excluding hydrogens is 296 g/mol. The topological polar surface area (TPSA) is 101 Å². The molecule has 21 heavy (non-hydrogen) atoms. The predicted molar refractivity (Wildman–Crippen MR) is 80.1 cm³/mol. The van der Waals surface area contributed by atoms with Crippen LogP contribution in [0.15, 0.2) is 10.6 Å². The van der Waals surface area contributed by atoms with Crippen LogP contribution in [0.25, 0.3) is 0 Å². The summed E-state index contributed by atoms with van der Waals surface area (Å²) in [6.07, 6.45) is 2.64. The van der Waals surface area contributed by atoms with Gasteiger partial charge in [-0.3, -0.25) is 9.59 Å². The number of aryl methyl sites for hydroxylation is 1. The minimum absolute atomic E-state index is 0. The van der Waals surface area contributed by atoms with Crippen LogP contribution in [0, 0.1) is 12.8 Å². The van der Waals surface area contributed by atoms with Gasteiger partial charge in [-0.2, -0.15) is 0 Å². The Kier molecular flexibility index (Phi) is 6.17. The molecule has 0 radical (unpaired) electrons. The highest BCUT2D eigenvalue weighted by Crippen LogP contribution is 2.25. The van der Waals surface area contributed by atoms with E-state index in [0.717, 1.165) is 19.3 Å². The first-order valence-electron chi connectivity index (χ1n) is 6.71. The van der Waals surface area contributed by atoms with Crippen LogP contribution in [0.5, 0.6) is 0 Å². The summed E-state index contributed by atoms with van der Waals surface area (Å²) in [5.41, 5.74) is 5.90. The molecule has 1 aliphatic rings. The van der Waals surface area contributed by atoms with Crippen LogP contribution in [0.2, 0.25) is 0 Å². The summed E-state index contributed by atoms with van der Waals surface area (Å²) in [5.74, 6) is 0.428. The van der Waals surface area contributed by atoms with Crippen LogP contribution in [0.4, 0.5) is 5.82 Å². The van der Waals surface area contributed by atoms with E-state index in [1.54, 1.807) is 20.0 Å². The third-order valence-electron chi connectivity index (χ3n) is 3.54. The maximum absolute atomic E-state index is 12.2. The van der Waals surface area contributed by atoms with Gasteiger partial charge in [-0.1, -0.05) is 11.6 Å².